The van der Waals surface area contributed by atoms with E-state index in [0.717, 1.165) is 18.4 Å². The van der Waals surface area contributed by atoms with Crippen LogP contribution in [0.15, 0.2) is 12.4 Å². The van der Waals surface area contributed by atoms with Crippen molar-refractivity contribution in [1.82, 2.24) is 9.97 Å². The number of rotatable bonds is 3. The van der Waals surface area contributed by atoms with E-state index < -0.39 is 0 Å². The zero-order valence-corrected chi connectivity index (χ0v) is 8.87. The van der Waals surface area contributed by atoms with Crippen LogP contribution < -0.4 is 4.74 Å². The van der Waals surface area contributed by atoms with Gasteiger partial charge in [-0.25, -0.2) is 9.97 Å². The van der Waals surface area contributed by atoms with Gasteiger partial charge in [0.1, 0.15) is 0 Å². The molecule has 0 unspecified atom stereocenters. The molecule has 1 heterocycles. The molecule has 0 saturated heterocycles. The molecule has 0 aliphatic rings. The Kier molecular flexibility index (Phi) is 6.88. The van der Waals surface area contributed by atoms with E-state index in [1.807, 2.05) is 13.8 Å². The quantitative estimate of drug-likeness (QED) is 0.720. The molecule has 74 valence electrons. The number of aromatic nitrogens is 2. The van der Waals surface area contributed by atoms with Crippen molar-refractivity contribution in [1.29, 1.82) is 0 Å². The molecule has 0 atom stereocenters. The van der Waals surface area contributed by atoms with E-state index in [2.05, 4.69) is 16.9 Å². The molecule has 0 bridgehead atoms. The zero-order chi connectivity index (χ0) is 10.1. The highest BCUT2D eigenvalue weighted by molar-refractivity contribution is 5.07. The first-order chi connectivity index (χ1) is 6.36. The monoisotopic (exact) mass is 182 g/mol. The number of methoxy groups -OCH3 is 1. The fraction of sp³-hybridized carbons (Fsp3) is 0.600. The molecule has 0 aliphatic carbocycles. The first kappa shape index (κ1) is 11.9. The third kappa shape index (κ3) is 4.45. The summed E-state index contributed by atoms with van der Waals surface area (Å²) in [5.41, 5.74) is 1.16. The van der Waals surface area contributed by atoms with E-state index in [0.29, 0.717) is 6.01 Å². The van der Waals surface area contributed by atoms with Crippen LogP contribution in [0.3, 0.4) is 0 Å². The number of nitrogens with zero attached hydrogens (tertiary/aromatic N) is 2. The standard InChI is InChI=1S/C8H12N2O.C2H6/c1-3-4-7-5-9-8(11-2)10-6-7;1-2/h5-6H,3-4H2,1-2H3;1-2H3. The third-order valence-corrected chi connectivity index (χ3v) is 1.40. The average molecular weight is 182 g/mol. The first-order valence-electron chi connectivity index (χ1n) is 4.71. The van der Waals surface area contributed by atoms with Gasteiger partial charge in [0, 0.05) is 12.4 Å². The van der Waals surface area contributed by atoms with Crippen molar-refractivity contribution in [3.63, 3.8) is 0 Å². The number of hydrogen-bond acceptors (Lipinski definition) is 3. The zero-order valence-electron chi connectivity index (χ0n) is 8.87. The van der Waals surface area contributed by atoms with E-state index >= 15 is 0 Å². The number of hydrogen-bond donors (Lipinski definition) is 0. The van der Waals surface area contributed by atoms with Crippen LogP contribution in [0.25, 0.3) is 0 Å². The normalized spacial score (nSPS) is 8.62. The molecule has 0 spiro atoms. The van der Waals surface area contributed by atoms with Gasteiger partial charge in [0.15, 0.2) is 0 Å². The minimum Gasteiger partial charge on any atom is -0.467 e. The highest BCUT2D eigenvalue weighted by atomic mass is 16.5. The fourth-order valence-corrected chi connectivity index (χ4v) is 0.866. The maximum absolute atomic E-state index is 4.83. The molecule has 3 heteroatoms. The summed E-state index contributed by atoms with van der Waals surface area (Å²) in [5, 5.41) is 0. The minimum atomic E-state index is 0.435. The predicted octanol–water partition coefficient (Wildman–Crippen LogP) is 2.46. The third-order valence-electron chi connectivity index (χ3n) is 1.40. The molecule has 0 amide bonds. The average Bonchev–Trinajstić information content (AvgIpc) is 2.23. The van der Waals surface area contributed by atoms with E-state index in [-0.39, 0.29) is 0 Å². The molecule has 0 aromatic carbocycles. The van der Waals surface area contributed by atoms with Crippen molar-refractivity contribution in [3.8, 4) is 6.01 Å². The number of ether oxygens (including phenoxy) is 1. The summed E-state index contributed by atoms with van der Waals surface area (Å²) in [6.07, 6.45) is 5.75. The Bertz CT molecular complexity index is 209. The second kappa shape index (κ2) is 7.53. The van der Waals surface area contributed by atoms with Crippen LogP contribution >= 0.6 is 0 Å². The summed E-state index contributed by atoms with van der Waals surface area (Å²) >= 11 is 0. The largest absolute Gasteiger partial charge is 0.467 e. The highest BCUT2D eigenvalue weighted by Gasteiger charge is 1.94. The Morgan fingerprint density at radius 1 is 1.23 bits per heavy atom. The second-order valence-corrected chi connectivity index (χ2v) is 2.33. The van der Waals surface area contributed by atoms with Crippen LogP contribution in [0.5, 0.6) is 6.01 Å². The van der Waals surface area contributed by atoms with Crippen molar-refractivity contribution < 1.29 is 4.74 Å². The van der Waals surface area contributed by atoms with Gasteiger partial charge in [-0.15, -0.1) is 0 Å². The summed E-state index contributed by atoms with van der Waals surface area (Å²) in [4.78, 5) is 7.96. The van der Waals surface area contributed by atoms with Crippen LogP contribution in [-0.2, 0) is 6.42 Å². The Hall–Kier alpha value is -1.12. The van der Waals surface area contributed by atoms with Gasteiger partial charge < -0.3 is 4.74 Å². The molecule has 0 radical (unpaired) electrons. The smallest absolute Gasteiger partial charge is 0.316 e. The van der Waals surface area contributed by atoms with Gasteiger partial charge in [0.25, 0.3) is 0 Å². The van der Waals surface area contributed by atoms with Crippen molar-refractivity contribution in [2.24, 2.45) is 0 Å². The van der Waals surface area contributed by atoms with E-state index in [1.165, 1.54) is 0 Å². The summed E-state index contributed by atoms with van der Waals surface area (Å²) in [7, 11) is 1.56. The van der Waals surface area contributed by atoms with E-state index in [1.54, 1.807) is 19.5 Å². The minimum absolute atomic E-state index is 0.435. The Labute approximate surface area is 80.2 Å². The van der Waals surface area contributed by atoms with Gasteiger partial charge >= 0.3 is 6.01 Å². The van der Waals surface area contributed by atoms with E-state index in [4.69, 9.17) is 4.74 Å². The van der Waals surface area contributed by atoms with Gasteiger partial charge in [0.05, 0.1) is 7.11 Å². The lowest BCUT2D eigenvalue weighted by Gasteiger charge is -1.98. The maximum Gasteiger partial charge on any atom is 0.316 e. The van der Waals surface area contributed by atoms with Gasteiger partial charge in [-0.05, 0) is 12.0 Å². The van der Waals surface area contributed by atoms with Crippen molar-refractivity contribution in [2.45, 2.75) is 33.6 Å². The topological polar surface area (TPSA) is 35.0 Å². The van der Waals surface area contributed by atoms with Crippen LogP contribution in [-0.4, -0.2) is 17.1 Å². The Morgan fingerprint density at radius 2 is 1.77 bits per heavy atom. The lowest BCUT2D eigenvalue weighted by Crippen LogP contribution is -1.93. The van der Waals surface area contributed by atoms with Crippen LogP contribution in [0, 0.1) is 0 Å². The Balaban J connectivity index is 0.000000671. The van der Waals surface area contributed by atoms with Gasteiger partial charge in [-0.3, -0.25) is 0 Å². The van der Waals surface area contributed by atoms with E-state index in [9.17, 15) is 0 Å². The van der Waals surface area contributed by atoms with Crippen LogP contribution in [0.1, 0.15) is 32.8 Å². The SMILES string of the molecule is CC.CCCc1cnc(OC)nc1. The molecule has 0 aliphatic heterocycles. The summed E-state index contributed by atoms with van der Waals surface area (Å²) < 4.78 is 4.83. The summed E-state index contributed by atoms with van der Waals surface area (Å²) in [6, 6.07) is 0.435. The van der Waals surface area contributed by atoms with Gasteiger partial charge in [-0.1, -0.05) is 27.2 Å². The second-order valence-electron chi connectivity index (χ2n) is 2.33. The summed E-state index contributed by atoms with van der Waals surface area (Å²) in [6.45, 7) is 6.13. The number of aryl methyl sites for hydroxylation is 1. The Morgan fingerprint density at radius 3 is 2.15 bits per heavy atom. The molecular weight excluding hydrogens is 164 g/mol. The molecule has 1 aromatic rings. The fourth-order valence-electron chi connectivity index (χ4n) is 0.866. The molecule has 0 fully saturated rings. The van der Waals surface area contributed by atoms with Crippen molar-refractivity contribution in [2.75, 3.05) is 7.11 Å². The van der Waals surface area contributed by atoms with Crippen molar-refractivity contribution >= 4 is 0 Å². The molecule has 0 N–H and O–H groups in total. The van der Waals surface area contributed by atoms with Crippen LogP contribution in [0.2, 0.25) is 0 Å². The summed E-state index contributed by atoms with van der Waals surface area (Å²) in [5.74, 6) is 0. The van der Waals surface area contributed by atoms with Gasteiger partial charge in [-0.2, -0.15) is 0 Å². The molecule has 1 aromatic heterocycles. The highest BCUT2D eigenvalue weighted by Crippen LogP contribution is 2.03. The molecular formula is C10H18N2O. The molecule has 3 nitrogen and oxygen atoms in total. The molecule has 13 heavy (non-hydrogen) atoms. The maximum atomic E-state index is 4.83. The van der Waals surface area contributed by atoms with Gasteiger partial charge in [0.2, 0.25) is 0 Å². The predicted molar refractivity (Wildman–Crippen MR) is 53.9 cm³/mol. The lowest BCUT2D eigenvalue weighted by atomic mass is 10.2. The first-order valence-corrected chi connectivity index (χ1v) is 4.71. The van der Waals surface area contributed by atoms with Crippen molar-refractivity contribution in [3.05, 3.63) is 18.0 Å². The lowest BCUT2D eigenvalue weighted by molar-refractivity contribution is 0.379. The molecule has 0 saturated carbocycles. The molecule has 1 rings (SSSR count). The van der Waals surface area contributed by atoms with Crippen LogP contribution in [0.4, 0.5) is 0 Å².